The van der Waals surface area contributed by atoms with E-state index >= 15 is 0 Å². The molecule has 0 bridgehead atoms. The van der Waals surface area contributed by atoms with Gasteiger partial charge in [0.1, 0.15) is 0 Å². The molecule has 0 aliphatic rings. The van der Waals surface area contributed by atoms with E-state index in [2.05, 4.69) is 41.6 Å². The molecule has 2 N–H and O–H groups in total. The Morgan fingerprint density at radius 3 is 2.57 bits per heavy atom. The highest BCUT2D eigenvalue weighted by atomic mass is 16.1. The molecule has 1 amide bonds. The van der Waals surface area contributed by atoms with E-state index in [-0.39, 0.29) is 5.91 Å². The number of pyridine rings is 1. The van der Waals surface area contributed by atoms with Crippen LogP contribution in [0.1, 0.15) is 23.1 Å². The fourth-order valence-corrected chi connectivity index (χ4v) is 1.96. The van der Waals surface area contributed by atoms with Crippen LogP contribution >= 0.6 is 0 Å². The van der Waals surface area contributed by atoms with Gasteiger partial charge in [-0.2, -0.15) is 0 Å². The van der Waals surface area contributed by atoms with Crippen molar-refractivity contribution in [3.8, 4) is 0 Å². The summed E-state index contributed by atoms with van der Waals surface area (Å²) in [5, 5.41) is 6.17. The fourth-order valence-electron chi connectivity index (χ4n) is 1.96. The molecule has 2 aromatic rings. The summed E-state index contributed by atoms with van der Waals surface area (Å²) in [7, 11) is 0. The molecule has 1 aromatic heterocycles. The van der Waals surface area contributed by atoms with E-state index in [1.54, 1.807) is 12.4 Å². The van der Waals surface area contributed by atoms with Crippen molar-refractivity contribution in [2.75, 3.05) is 11.9 Å². The van der Waals surface area contributed by atoms with E-state index in [9.17, 15) is 4.79 Å². The second-order valence-electron chi connectivity index (χ2n) is 5.11. The first-order valence-electron chi connectivity index (χ1n) is 7.12. The molecule has 0 aliphatic heterocycles. The van der Waals surface area contributed by atoms with Crippen molar-refractivity contribution >= 4 is 11.6 Å². The number of hydrogen-bond acceptors (Lipinski definition) is 3. The first kappa shape index (κ1) is 15.0. The molecule has 4 heteroatoms. The van der Waals surface area contributed by atoms with Crippen LogP contribution in [0.5, 0.6) is 0 Å². The number of amides is 1. The lowest BCUT2D eigenvalue weighted by Gasteiger charge is -2.09. The molecule has 0 saturated heterocycles. The van der Waals surface area contributed by atoms with Crippen LogP contribution in [-0.4, -0.2) is 17.4 Å². The van der Waals surface area contributed by atoms with Crippen molar-refractivity contribution in [2.45, 2.75) is 26.8 Å². The quantitative estimate of drug-likeness (QED) is 0.857. The van der Waals surface area contributed by atoms with E-state index in [0.717, 1.165) is 11.3 Å². The Balaban J connectivity index is 1.70. The topological polar surface area (TPSA) is 54.0 Å². The minimum atomic E-state index is 0.0446. The van der Waals surface area contributed by atoms with Crippen molar-refractivity contribution < 1.29 is 4.79 Å². The van der Waals surface area contributed by atoms with Gasteiger partial charge in [-0.1, -0.05) is 6.07 Å². The van der Waals surface area contributed by atoms with E-state index < -0.39 is 0 Å². The first-order valence-corrected chi connectivity index (χ1v) is 7.12. The summed E-state index contributed by atoms with van der Waals surface area (Å²) in [6, 6.07) is 10.0. The van der Waals surface area contributed by atoms with Crippen molar-refractivity contribution in [3.05, 3.63) is 59.4 Å². The summed E-state index contributed by atoms with van der Waals surface area (Å²) in [6.45, 7) is 5.35. The Morgan fingerprint density at radius 1 is 1.10 bits per heavy atom. The van der Waals surface area contributed by atoms with Crippen LogP contribution in [0, 0.1) is 13.8 Å². The van der Waals surface area contributed by atoms with E-state index in [1.165, 1.54) is 11.1 Å². The number of carbonyl (C=O) groups excluding carboxylic acids is 1. The number of benzene rings is 1. The van der Waals surface area contributed by atoms with Gasteiger partial charge in [0.25, 0.3) is 0 Å². The molecule has 0 atom stereocenters. The van der Waals surface area contributed by atoms with Crippen LogP contribution in [0.3, 0.4) is 0 Å². The smallest absolute Gasteiger partial charge is 0.222 e. The molecule has 2 rings (SSSR count). The number of aromatic nitrogens is 1. The molecule has 0 radical (unpaired) electrons. The lowest BCUT2D eigenvalue weighted by Crippen LogP contribution is -2.24. The second kappa shape index (κ2) is 7.43. The predicted octanol–water partition coefficient (Wildman–Crippen LogP) is 2.82. The van der Waals surface area contributed by atoms with Crippen LogP contribution < -0.4 is 10.6 Å². The zero-order valence-corrected chi connectivity index (χ0v) is 12.5. The Hall–Kier alpha value is -2.36. The summed E-state index contributed by atoms with van der Waals surface area (Å²) >= 11 is 0. The molecule has 110 valence electrons. The third-order valence-electron chi connectivity index (χ3n) is 3.43. The standard InChI is InChI=1S/C17H21N3O/c1-13-3-4-16(11-14(13)2)19-10-7-17(21)20-12-15-5-8-18-9-6-15/h3-6,8-9,11,19H,7,10,12H2,1-2H3,(H,20,21). The lowest BCUT2D eigenvalue weighted by atomic mass is 10.1. The molecule has 0 unspecified atom stereocenters. The maximum absolute atomic E-state index is 11.8. The number of rotatable bonds is 6. The highest BCUT2D eigenvalue weighted by molar-refractivity contribution is 5.76. The van der Waals surface area contributed by atoms with Crippen LogP contribution in [0.15, 0.2) is 42.7 Å². The van der Waals surface area contributed by atoms with Crippen molar-refractivity contribution in [1.29, 1.82) is 0 Å². The molecule has 1 aromatic carbocycles. The maximum atomic E-state index is 11.8. The Bertz CT molecular complexity index is 596. The number of aryl methyl sites for hydroxylation is 2. The predicted molar refractivity (Wildman–Crippen MR) is 85.1 cm³/mol. The molecule has 1 heterocycles. The van der Waals surface area contributed by atoms with Gasteiger partial charge in [-0.05, 0) is 54.8 Å². The van der Waals surface area contributed by atoms with Gasteiger partial charge >= 0.3 is 0 Å². The Morgan fingerprint density at radius 2 is 1.86 bits per heavy atom. The molecular weight excluding hydrogens is 262 g/mol. The highest BCUT2D eigenvalue weighted by Crippen LogP contribution is 2.13. The molecule has 4 nitrogen and oxygen atoms in total. The molecule has 0 aliphatic carbocycles. The third kappa shape index (κ3) is 4.91. The summed E-state index contributed by atoms with van der Waals surface area (Å²) in [6.07, 6.45) is 3.91. The maximum Gasteiger partial charge on any atom is 0.222 e. The molecule has 0 fully saturated rings. The average molecular weight is 283 g/mol. The molecule has 0 saturated carbocycles. The zero-order chi connectivity index (χ0) is 15.1. The number of hydrogen-bond donors (Lipinski definition) is 2. The van der Waals surface area contributed by atoms with Crippen LogP contribution in [0.25, 0.3) is 0 Å². The van der Waals surface area contributed by atoms with Gasteiger partial charge in [0, 0.05) is 37.6 Å². The van der Waals surface area contributed by atoms with Gasteiger partial charge in [0.2, 0.25) is 5.91 Å². The second-order valence-corrected chi connectivity index (χ2v) is 5.11. The Kier molecular flexibility index (Phi) is 5.32. The van der Waals surface area contributed by atoms with Crippen molar-refractivity contribution in [3.63, 3.8) is 0 Å². The van der Waals surface area contributed by atoms with Gasteiger partial charge in [0.05, 0.1) is 0 Å². The number of nitrogens with zero attached hydrogens (tertiary/aromatic N) is 1. The van der Waals surface area contributed by atoms with E-state index in [4.69, 9.17) is 0 Å². The van der Waals surface area contributed by atoms with Crippen LogP contribution in [-0.2, 0) is 11.3 Å². The molecular formula is C17H21N3O. The molecule has 21 heavy (non-hydrogen) atoms. The van der Waals surface area contributed by atoms with E-state index in [1.807, 2.05) is 18.2 Å². The summed E-state index contributed by atoms with van der Waals surface area (Å²) in [5.74, 6) is 0.0446. The fraction of sp³-hybridized carbons (Fsp3) is 0.294. The Labute approximate surface area is 125 Å². The third-order valence-corrected chi connectivity index (χ3v) is 3.43. The first-order chi connectivity index (χ1) is 10.1. The van der Waals surface area contributed by atoms with Gasteiger partial charge in [-0.3, -0.25) is 9.78 Å². The highest BCUT2D eigenvalue weighted by Gasteiger charge is 2.02. The van der Waals surface area contributed by atoms with Crippen molar-refractivity contribution in [1.82, 2.24) is 10.3 Å². The van der Waals surface area contributed by atoms with Crippen LogP contribution in [0.2, 0.25) is 0 Å². The number of anilines is 1. The largest absolute Gasteiger partial charge is 0.385 e. The minimum absolute atomic E-state index is 0.0446. The average Bonchev–Trinajstić information content (AvgIpc) is 2.50. The molecule has 0 spiro atoms. The van der Waals surface area contributed by atoms with Crippen LogP contribution in [0.4, 0.5) is 5.69 Å². The van der Waals surface area contributed by atoms with Gasteiger partial charge < -0.3 is 10.6 Å². The van der Waals surface area contributed by atoms with E-state index in [0.29, 0.717) is 19.5 Å². The van der Waals surface area contributed by atoms with Crippen molar-refractivity contribution in [2.24, 2.45) is 0 Å². The zero-order valence-electron chi connectivity index (χ0n) is 12.5. The van der Waals surface area contributed by atoms with Gasteiger partial charge in [-0.25, -0.2) is 0 Å². The minimum Gasteiger partial charge on any atom is -0.385 e. The van der Waals surface area contributed by atoms with Gasteiger partial charge in [-0.15, -0.1) is 0 Å². The van der Waals surface area contributed by atoms with Gasteiger partial charge in [0.15, 0.2) is 0 Å². The summed E-state index contributed by atoms with van der Waals surface area (Å²) in [5.41, 5.74) is 4.64. The number of nitrogens with one attached hydrogen (secondary N) is 2. The summed E-state index contributed by atoms with van der Waals surface area (Å²) in [4.78, 5) is 15.7. The lowest BCUT2D eigenvalue weighted by molar-refractivity contribution is -0.121. The summed E-state index contributed by atoms with van der Waals surface area (Å²) < 4.78 is 0. The monoisotopic (exact) mass is 283 g/mol. The SMILES string of the molecule is Cc1ccc(NCCC(=O)NCc2ccncc2)cc1C. The number of carbonyl (C=O) groups is 1. The normalized spacial score (nSPS) is 10.2.